The van der Waals surface area contributed by atoms with Crippen molar-refractivity contribution < 1.29 is 14.2 Å². The molecule has 1 atom stereocenters. The number of likely N-dealkylation sites (N-methyl/N-ethyl adjacent to an activating group) is 1. The van der Waals surface area contributed by atoms with Crippen molar-refractivity contribution in [3.05, 3.63) is 95.7 Å². The van der Waals surface area contributed by atoms with Crippen molar-refractivity contribution in [2.45, 2.75) is 43.4 Å². The fourth-order valence-electron chi connectivity index (χ4n) is 4.93. The lowest BCUT2D eigenvalue weighted by atomic mass is 9.92. The number of allylic oxidation sites excluding steroid dienone is 6. The van der Waals surface area contributed by atoms with Gasteiger partial charge in [0.05, 0.1) is 17.9 Å². The highest BCUT2D eigenvalue weighted by molar-refractivity contribution is 7.92. The van der Waals surface area contributed by atoms with Gasteiger partial charge >= 0.3 is 0 Å². The first-order valence-corrected chi connectivity index (χ1v) is 14.0. The molecule has 1 radical (unpaired) electrons. The second-order valence-corrected chi connectivity index (χ2v) is 11.2. The Morgan fingerprint density at radius 1 is 1.14 bits per heavy atom. The van der Waals surface area contributed by atoms with Crippen LogP contribution in [0.1, 0.15) is 44.2 Å². The molecule has 1 heterocycles. The van der Waals surface area contributed by atoms with Crippen LogP contribution in [0.3, 0.4) is 0 Å². The summed E-state index contributed by atoms with van der Waals surface area (Å²) in [6, 6.07) is 10.2. The molecule has 5 nitrogen and oxygen atoms in total. The molecule has 2 aromatic carbocycles. The number of unbranched alkanes of at least 4 members (excludes halogenated alkanes) is 1. The van der Waals surface area contributed by atoms with Gasteiger partial charge in [-0.15, -0.1) is 0 Å². The van der Waals surface area contributed by atoms with Gasteiger partial charge in [-0.1, -0.05) is 60.6 Å². The number of rotatable bonds is 10. The maximum atomic E-state index is 15.0. The topological polar surface area (TPSA) is 61.4 Å². The van der Waals surface area contributed by atoms with Crippen LogP contribution in [-0.4, -0.2) is 35.1 Å². The lowest BCUT2D eigenvalue weighted by molar-refractivity contribution is 0.536. The minimum Gasteiger partial charge on any atom is -0.382 e. The lowest BCUT2D eigenvalue weighted by Gasteiger charge is -2.33. The Morgan fingerprint density at radius 3 is 2.81 bits per heavy atom. The summed E-state index contributed by atoms with van der Waals surface area (Å²) in [6.45, 7) is 3.29. The van der Waals surface area contributed by atoms with Gasteiger partial charge in [-0.05, 0) is 68.5 Å². The standard InChI is InChI=1S/C29H35FN3O2S.H2/c1-22-10-9-15-27-29(22)33(19-18-32-27)36(34,35)28-20-24(16-17-26(28)30)25(21-31-2)14-8-7-13-23-11-5-3-4-6-12-23;/h3-6,9-12,15-17,20,25,31-32H,7-8,13-14,18-19,21H2,1-2H3;1H. The smallest absolute Gasteiger partial charge is 0.267 e. The van der Waals surface area contributed by atoms with Gasteiger partial charge in [0, 0.05) is 20.9 Å². The number of nitrogens with one attached hydrogen (secondary N) is 2. The average molecular weight is 511 g/mol. The van der Waals surface area contributed by atoms with Crippen LogP contribution in [0.5, 0.6) is 0 Å². The molecule has 0 bridgehead atoms. The Bertz CT molecular complexity index is 1270. The van der Waals surface area contributed by atoms with E-state index in [2.05, 4.69) is 35.3 Å². The van der Waals surface area contributed by atoms with Gasteiger partial charge < -0.3 is 10.6 Å². The van der Waals surface area contributed by atoms with E-state index in [1.807, 2.05) is 44.3 Å². The molecule has 7 heteroatoms. The normalized spacial score (nSPS) is 16.2. The Labute approximate surface area is 216 Å². The highest BCUT2D eigenvalue weighted by Crippen LogP contribution is 2.37. The number of para-hydroxylation sites is 1. The van der Waals surface area contributed by atoms with Crippen molar-refractivity contribution in [3.63, 3.8) is 0 Å². The molecule has 0 amide bonds. The van der Waals surface area contributed by atoms with Crippen molar-refractivity contribution in [1.29, 1.82) is 0 Å². The third-order valence-corrected chi connectivity index (χ3v) is 8.60. The fourth-order valence-corrected chi connectivity index (χ4v) is 6.58. The Morgan fingerprint density at radius 2 is 1.97 bits per heavy atom. The van der Waals surface area contributed by atoms with Crippen LogP contribution in [0, 0.1) is 19.2 Å². The van der Waals surface area contributed by atoms with Gasteiger partial charge in [-0.25, -0.2) is 12.8 Å². The highest BCUT2D eigenvalue weighted by Gasteiger charge is 2.33. The molecule has 1 unspecified atom stereocenters. The van der Waals surface area contributed by atoms with Crippen molar-refractivity contribution in [3.8, 4) is 0 Å². The largest absolute Gasteiger partial charge is 0.382 e. The van der Waals surface area contributed by atoms with Gasteiger partial charge in [0.25, 0.3) is 10.0 Å². The minimum absolute atomic E-state index is 0. The quantitative estimate of drug-likeness (QED) is 0.378. The molecule has 193 valence electrons. The van der Waals surface area contributed by atoms with Gasteiger partial charge in [0.1, 0.15) is 10.7 Å². The number of sulfonamides is 1. The van der Waals surface area contributed by atoms with Gasteiger partial charge in [0.15, 0.2) is 0 Å². The van der Waals surface area contributed by atoms with Crippen LogP contribution in [-0.2, 0) is 10.0 Å². The van der Waals surface area contributed by atoms with E-state index in [1.54, 1.807) is 12.1 Å². The van der Waals surface area contributed by atoms with E-state index in [-0.39, 0.29) is 18.8 Å². The summed E-state index contributed by atoms with van der Waals surface area (Å²) in [5.74, 6) is -0.624. The summed E-state index contributed by atoms with van der Waals surface area (Å²) in [6.07, 6.45) is 16.3. The molecule has 1 aliphatic carbocycles. The zero-order chi connectivity index (χ0) is 25.5. The number of fused-ring (bicyclic) bond motifs is 1. The summed E-state index contributed by atoms with van der Waals surface area (Å²) in [7, 11) is -2.18. The van der Waals surface area contributed by atoms with Gasteiger partial charge in [0.2, 0.25) is 0 Å². The average Bonchev–Trinajstić information content (AvgIpc) is 3.15. The maximum absolute atomic E-state index is 15.0. The predicted molar refractivity (Wildman–Crippen MR) is 149 cm³/mol. The summed E-state index contributed by atoms with van der Waals surface area (Å²) in [4.78, 5) is -0.256. The summed E-state index contributed by atoms with van der Waals surface area (Å²) in [5, 5.41) is 6.48. The van der Waals surface area contributed by atoms with Crippen molar-refractivity contribution >= 4 is 21.4 Å². The first kappa shape index (κ1) is 26.2. The molecule has 0 aromatic heterocycles. The number of hydrogen-bond acceptors (Lipinski definition) is 4. The number of benzene rings is 2. The van der Waals surface area contributed by atoms with Gasteiger partial charge in [-0.3, -0.25) is 4.31 Å². The summed E-state index contributed by atoms with van der Waals surface area (Å²) >= 11 is 0. The number of aryl methyl sites for hydroxylation is 1. The molecular weight excluding hydrogens is 473 g/mol. The number of hydrogen-bond donors (Lipinski definition) is 2. The van der Waals surface area contributed by atoms with E-state index in [1.165, 1.54) is 15.9 Å². The molecule has 4 rings (SSSR count). The molecule has 0 saturated heterocycles. The Hall–Kier alpha value is -2.90. The van der Waals surface area contributed by atoms with Crippen LogP contribution < -0.4 is 14.9 Å². The number of nitrogens with zero attached hydrogens (tertiary/aromatic N) is 1. The summed E-state index contributed by atoms with van der Waals surface area (Å²) in [5.41, 5.74) is 4.32. The third-order valence-electron chi connectivity index (χ3n) is 6.78. The molecule has 0 saturated carbocycles. The molecule has 0 fully saturated rings. The van der Waals surface area contributed by atoms with Gasteiger partial charge in [-0.2, -0.15) is 0 Å². The van der Waals surface area contributed by atoms with Crippen LogP contribution in [0.25, 0.3) is 0 Å². The van der Waals surface area contributed by atoms with Crippen LogP contribution in [0.4, 0.5) is 15.8 Å². The first-order valence-electron chi connectivity index (χ1n) is 12.6. The predicted octanol–water partition coefficient (Wildman–Crippen LogP) is 6.12. The SMILES string of the molecule is CNCC(CCCCC1=CC=CC=C[CH]1)c1ccc(F)c(S(=O)(=O)N2CCNc3cccc(C)c32)c1.[HH]. The summed E-state index contributed by atoms with van der Waals surface area (Å²) < 4.78 is 43.9. The number of halogens is 1. The minimum atomic E-state index is -4.07. The molecule has 0 spiro atoms. The number of anilines is 2. The zero-order valence-corrected chi connectivity index (χ0v) is 21.8. The van der Waals surface area contributed by atoms with E-state index >= 15 is 4.39 Å². The van der Waals surface area contributed by atoms with Crippen molar-refractivity contribution in [2.75, 3.05) is 36.3 Å². The van der Waals surface area contributed by atoms with Crippen LogP contribution in [0.15, 0.2) is 77.2 Å². The van der Waals surface area contributed by atoms with E-state index in [0.717, 1.165) is 42.5 Å². The Balaban J connectivity index is 0.00000380. The van der Waals surface area contributed by atoms with E-state index in [9.17, 15) is 8.42 Å². The first-order chi connectivity index (χ1) is 17.4. The molecular formula is C29H37FN3O2S. The highest BCUT2D eigenvalue weighted by atomic mass is 32.2. The lowest BCUT2D eigenvalue weighted by Crippen LogP contribution is -2.39. The van der Waals surface area contributed by atoms with E-state index in [4.69, 9.17) is 0 Å². The van der Waals surface area contributed by atoms with E-state index < -0.39 is 15.8 Å². The Kier molecular flexibility index (Phi) is 8.64. The maximum Gasteiger partial charge on any atom is 0.267 e. The molecule has 2 aromatic rings. The second kappa shape index (κ2) is 11.9. The molecule has 2 aliphatic rings. The van der Waals surface area contributed by atoms with Crippen molar-refractivity contribution in [2.24, 2.45) is 0 Å². The van der Waals surface area contributed by atoms with Crippen molar-refractivity contribution in [1.82, 2.24) is 5.32 Å². The fraction of sp³-hybridized carbons (Fsp3) is 0.345. The van der Waals surface area contributed by atoms with Crippen LogP contribution >= 0.6 is 0 Å². The second-order valence-electron chi connectivity index (χ2n) is 9.34. The zero-order valence-electron chi connectivity index (χ0n) is 21.0. The molecule has 2 N–H and O–H groups in total. The van der Waals surface area contributed by atoms with Crippen LogP contribution in [0.2, 0.25) is 0 Å². The van der Waals surface area contributed by atoms with E-state index in [0.29, 0.717) is 18.8 Å². The molecule has 1 aliphatic heterocycles. The monoisotopic (exact) mass is 510 g/mol. The molecule has 36 heavy (non-hydrogen) atoms. The third kappa shape index (κ3) is 5.90.